The van der Waals surface area contributed by atoms with E-state index in [1.807, 2.05) is 24.3 Å². The van der Waals surface area contributed by atoms with Gasteiger partial charge in [-0.2, -0.15) is 0 Å². The smallest absolute Gasteiger partial charge is 0.251 e. The number of nitrogens with two attached hydrogens (primary N) is 1. The lowest BCUT2D eigenvalue weighted by Crippen LogP contribution is -2.22. The number of rotatable bonds is 4. The zero-order chi connectivity index (χ0) is 14.5. The van der Waals surface area contributed by atoms with Crippen molar-refractivity contribution in [1.82, 2.24) is 5.32 Å². The van der Waals surface area contributed by atoms with Gasteiger partial charge in [0.1, 0.15) is 0 Å². The second-order valence-corrected chi connectivity index (χ2v) is 5.35. The molecule has 0 atom stereocenters. The predicted molar refractivity (Wildman–Crippen MR) is 82.1 cm³/mol. The molecule has 4 N–H and O–H groups in total. The minimum atomic E-state index is -0.177. The summed E-state index contributed by atoms with van der Waals surface area (Å²) in [6.45, 7) is 0.445. The van der Waals surface area contributed by atoms with Crippen LogP contribution in [0.2, 0.25) is 0 Å². The van der Waals surface area contributed by atoms with Gasteiger partial charge in [-0.25, -0.2) is 0 Å². The highest BCUT2D eigenvalue weighted by Crippen LogP contribution is 2.17. The van der Waals surface area contributed by atoms with Crippen LogP contribution >= 0.6 is 15.9 Å². The summed E-state index contributed by atoms with van der Waals surface area (Å²) in [7, 11) is 0. The lowest BCUT2D eigenvalue weighted by atomic mass is 10.1. The molecule has 0 radical (unpaired) electrons. The second kappa shape index (κ2) is 6.54. The molecule has 5 heteroatoms. The average molecular weight is 335 g/mol. The van der Waals surface area contributed by atoms with E-state index in [1.54, 1.807) is 18.2 Å². The van der Waals surface area contributed by atoms with Crippen molar-refractivity contribution < 1.29 is 9.90 Å². The van der Waals surface area contributed by atoms with Crippen molar-refractivity contribution in [2.24, 2.45) is 0 Å². The third-order valence-electron chi connectivity index (χ3n) is 2.84. The fraction of sp³-hybridized carbons (Fsp3) is 0.133. The Morgan fingerprint density at radius 2 is 1.80 bits per heavy atom. The standard InChI is InChI=1S/C15H15BrN2O2/c16-13-5-12(6-14(17)7-13)15(20)18-8-10-1-3-11(9-19)4-2-10/h1-7,19H,8-9,17H2,(H,18,20). The Balaban J connectivity index is 2.00. The van der Waals surface area contributed by atoms with Crippen molar-refractivity contribution in [3.8, 4) is 0 Å². The normalized spacial score (nSPS) is 10.3. The highest BCUT2D eigenvalue weighted by molar-refractivity contribution is 9.10. The molecule has 0 saturated carbocycles. The minimum absolute atomic E-state index is 0.0178. The van der Waals surface area contributed by atoms with Crippen LogP contribution < -0.4 is 11.1 Å². The van der Waals surface area contributed by atoms with Gasteiger partial charge >= 0.3 is 0 Å². The molecule has 0 spiro atoms. The van der Waals surface area contributed by atoms with Gasteiger partial charge in [0, 0.05) is 22.3 Å². The Kier molecular flexibility index (Phi) is 4.76. The molecule has 0 aliphatic carbocycles. The number of anilines is 1. The second-order valence-electron chi connectivity index (χ2n) is 4.43. The van der Waals surface area contributed by atoms with Crippen LogP contribution in [0.3, 0.4) is 0 Å². The Morgan fingerprint density at radius 1 is 1.15 bits per heavy atom. The van der Waals surface area contributed by atoms with Crippen LogP contribution in [0, 0.1) is 0 Å². The summed E-state index contributed by atoms with van der Waals surface area (Å²) in [5.41, 5.74) is 8.58. The number of aliphatic hydroxyl groups excluding tert-OH is 1. The monoisotopic (exact) mass is 334 g/mol. The van der Waals surface area contributed by atoms with Crippen LogP contribution in [0.1, 0.15) is 21.5 Å². The van der Waals surface area contributed by atoms with E-state index in [4.69, 9.17) is 10.8 Å². The summed E-state index contributed by atoms with van der Waals surface area (Å²) in [6, 6.07) is 12.5. The average Bonchev–Trinajstić information content (AvgIpc) is 2.44. The van der Waals surface area contributed by atoms with Gasteiger partial charge in [0.2, 0.25) is 0 Å². The van der Waals surface area contributed by atoms with E-state index in [0.717, 1.165) is 15.6 Å². The quantitative estimate of drug-likeness (QED) is 0.752. The Bertz CT molecular complexity index is 592. The van der Waals surface area contributed by atoms with Crippen molar-refractivity contribution in [1.29, 1.82) is 0 Å². The van der Waals surface area contributed by atoms with Crippen LogP contribution in [0.25, 0.3) is 0 Å². The molecule has 104 valence electrons. The first-order valence-electron chi connectivity index (χ1n) is 6.11. The van der Waals surface area contributed by atoms with Crippen LogP contribution in [0.15, 0.2) is 46.9 Å². The molecule has 0 unspecified atom stereocenters. The Labute approximate surface area is 125 Å². The highest BCUT2D eigenvalue weighted by atomic mass is 79.9. The van der Waals surface area contributed by atoms with Crippen LogP contribution in [-0.4, -0.2) is 11.0 Å². The Morgan fingerprint density at radius 3 is 2.40 bits per heavy atom. The summed E-state index contributed by atoms with van der Waals surface area (Å²) >= 11 is 3.31. The first-order chi connectivity index (χ1) is 9.58. The molecule has 0 fully saturated rings. The highest BCUT2D eigenvalue weighted by Gasteiger charge is 2.07. The molecule has 2 rings (SSSR count). The lowest BCUT2D eigenvalue weighted by molar-refractivity contribution is 0.0951. The van der Waals surface area contributed by atoms with E-state index >= 15 is 0 Å². The number of nitrogens with one attached hydrogen (secondary N) is 1. The molecule has 0 aliphatic rings. The maximum atomic E-state index is 12.0. The van der Waals surface area contributed by atoms with Crippen molar-refractivity contribution in [3.63, 3.8) is 0 Å². The van der Waals surface area contributed by atoms with Gasteiger partial charge in [-0.3, -0.25) is 4.79 Å². The fourth-order valence-corrected chi connectivity index (χ4v) is 2.30. The molecule has 0 heterocycles. The van der Waals surface area contributed by atoms with Gasteiger partial charge in [0.05, 0.1) is 6.61 Å². The number of hydrogen-bond donors (Lipinski definition) is 3. The molecule has 2 aromatic rings. The molecular weight excluding hydrogens is 320 g/mol. The number of amides is 1. The maximum absolute atomic E-state index is 12.0. The van der Waals surface area contributed by atoms with Crippen LogP contribution in [0.5, 0.6) is 0 Å². The van der Waals surface area contributed by atoms with Gasteiger partial charge < -0.3 is 16.2 Å². The molecule has 1 amide bonds. The van der Waals surface area contributed by atoms with E-state index in [2.05, 4.69) is 21.2 Å². The van der Waals surface area contributed by atoms with Crippen molar-refractivity contribution in [2.75, 3.05) is 5.73 Å². The van der Waals surface area contributed by atoms with Gasteiger partial charge in [-0.1, -0.05) is 40.2 Å². The van der Waals surface area contributed by atoms with Gasteiger partial charge in [0.15, 0.2) is 0 Å². The molecule has 20 heavy (non-hydrogen) atoms. The summed E-state index contributed by atoms with van der Waals surface area (Å²) in [6.07, 6.45) is 0. The van der Waals surface area contributed by atoms with Crippen molar-refractivity contribution in [3.05, 3.63) is 63.6 Å². The number of nitrogen functional groups attached to an aromatic ring is 1. The van der Waals surface area contributed by atoms with E-state index < -0.39 is 0 Å². The van der Waals surface area contributed by atoms with Crippen LogP contribution in [0.4, 0.5) is 5.69 Å². The van der Waals surface area contributed by atoms with E-state index in [-0.39, 0.29) is 12.5 Å². The van der Waals surface area contributed by atoms with Crippen molar-refractivity contribution >= 4 is 27.5 Å². The predicted octanol–water partition coefficient (Wildman–Crippen LogP) is 2.45. The molecule has 0 bridgehead atoms. The maximum Gasteiger partial charge on any atom is 0.251 e. The summed E-state index contributed by atoms with van der Waals surface area (Å²) in [5, 5.41) is 11.8. The first kappa shape index (κ1) is 14.6. The summed E-state index contributed by atoms with van der Waals surface area (Å²) in [5.74, 6) is -0.177. The molecular formula is C15H15BrN2O2. The van der Waals surface area contributed by atoms with Gasteiger partial charge in [-0.05, 0) is 29.3 Å². The molecule has 0 aliphatic heterocycles. The summed E-state index contributed by atoms with van der Waals surface area (Å²) in [4.78, 5) is 12.0. The molecule has 0 aromatic heterocycles. The zero-order valence-electron chi connectivity index (χ0n) is 10.8. The number of halogens is 1. The van der Waals surface area contributed by atoms with Gasteiger partial charge in [0.25, 0.3) is 5.91 Å². The molecule has 0 saturated heterocycles. The topological polar surface area (TPSA) is 75.4 Å². The van der Waals surface area contributed by atoms with Crippen molar-refractivity contribution in [2.45, 2.75) is 13.2 Å². The molecule has 2 aromatic carbocycles. The number of carbonyl (C=O) groups is 1. The van der Waals surface area contributed by atoms with E-state index in [0.29, 0.717) is 17.8 Å². The zero-order valence-corrected chi connectivity index (χ0v) is 12.4. The number of hydrogen-bond acceptors (Lipinski definition) is 3. The Hall–Kier alpha value is -1.85. The minimum Gasteiger partial charge on any atom is -0.399 e. The van der Waals surface area contributed by atoms with E-state index in [9.17, 15) is 4.79 Å². The molecule has 4 nitrogen and oxygen atoms in total. The van der Waals surface area contributed by atoms with Gasteiger partial charge in [-0.15, -0.1) is 0 Å². The largest absolute Gasteiger partial charge is 0.399 e. The number of carbonyl (C=O) groups excluding carboxylic acids is 1. The number of aliphatic hydroxyl groups is 1. The third-order valence-corrected chi connectivity index (χ3v) is 3.30. The third kappa shape index (κ3) is 3.82. The summed E-state index contributed by atoms with van der Waals surface area (Å²) < 4.78 is 0.773. The SMILES string of the molecule is Nc1cc(Br)cc(C(=O)NCc2ccc(CO)cc2)c1. The van der Waals surface area contributed by atoms with E-state index in [1.165, 1.54) is 0 Å². The first-order valence-corrected chi connectivity index (χ1v) is 6.91. The van der Waals surface area contributed by atoms with Crippen LogP contribution in [-0.2, 0) is 13.2 Å². The number of benzene rings is 2. The fourth-order valence-electron chi connectivity index (χ4n) is 1.79. The lowest BCUT2D eigenvalue weighted by Gasteiger charge is -2.07.